The van der Waals surface area contributed by atoms with Gasteiger partial charge in [-0.1, -0.05) is 135 Å². The molecule has 0 aromatic rings. The lowest BCUT2D eigenvalue weighted by Gasteiger charge is -2.00. The summed E-state index contributed by atoms with van der Waals surface area (Å²) in [6.07, 6.45) is 34.5. The molecule has 3 heteroatoms. The van der Waals surface area contributed by atoms with Crippen molar-refractivity contribution in [2.45, 2.75) is 168 Å². The largest absolute Gasteiger partial charge is 0.481 e. The molecule has 0 aliphatic carbocycles. The van der Waals surface area contributed by atoms with E-state index in [1.54, 1.807) is 0 Å². The van der Waals surface area contributed by atoms with E-state index in [1.165, 1.54) is 128 Å². The molecule has 0 amide bonds. The van der Waals surface area contributed by atoms with Crippen LogP contribution < -0.4 is 0 Å². The molecule has 0 aromatic heterocycles. The number of rotatable bonds is 25. The van der Waals surface area contributed by atoms with Gasteiger partial charge in [-0.25, -0.2) is 0 Å². The molecule has 0 saturated heterocycles. The Morgan fingerprint density at radius 3 is 1.21 bits per heavy atom. The molecule has 0 rings (SSSR count). The maximum atomic E-state index is 10.3. The van der Waals surface area contributed by atoms with Gasteiger partial charge >= 0.3 is 5.97 Å². The molecule has 0 saturated carbocycles. The van der Waals surface area contributed by atoms with Gasteiger partial charge < -0.3 is 10.2 Å². The summed E-state index contributed by atoms with van der Waals surface area (Å²) in [5.74, 6) is -0.664. The smallest absolute Gasteiger partial charge is 0.303 e. The van der Waals surface area contributed by atoms with Crippen molar-refractivity contribution in [3.8, 4) is 0 Å². The number of aliphatic hydroxyl groups is 1. The van der Waals surface area contributed by atoms with E-state index in [1.807, 2.05) is 0 Å². The monoisotopic (exact) mass is 468 g/mol. The second kappa shape index (κ2) is 33.3. The lowest BCUT2D eigenvalue weighted by Crippen LogP contribution is -1.93. The Morgan fingerprint density at radius 2 is 0.848 bits per heavy atom. The lowest BCUT2D eigenvalue weighted by molar-refractivity contribution is -0.137. The molecule has 0 fully saturated rings. The zero-order valence-electron chi connectivity index (χ0n) is 22.6. The van der Waals surface area contributed by atoms with Crippen molar-refractivity contribution in [3.05, 3.63) is 12.2 Å². The minimum absolute atomic E-state index is 0.332. The first-order valence-electron chi connectivity index (χ1n) is 14.7. The molecule has 198 valence electrons. The predicted molar refractivity (Wildman–Crippen MR) is 146 cm³/mol. The van der Waals surface area contributed by atoms with Gasteiger partial charge in [-0.3, -0.25) is 4.79 Å². The standard InChI is InChI=1S/C18H34O2.C12H26O/c1-2-3-4-5-6-7-8-9-10-11-12-13-14-15-16-17-18(19)20;1-2-3-4-5-6-7-8-9-10-11-12-13/h9-10H,2-8,11-17H2,1H3,(H,19,20);13H,2-12H2,1H3/b10-9-;. The Morgan fingerprint density at radius 1 is 0.515 bits per heavy atom. The van der Waals surface area contributed by atoms with Crippen LogP contribution in [0.25, 0.3) is 0 Å². The molecule has 0 aliphatic rings. The quantitative estimate of drug-likeness (QED) is 0.103. The van der Waals surface area contributed by atoms with Crippen LogP contribution in [0.1, 0.15) is 168 Å². The van der Waals surface area contributed by atoms with Crippen LogP contribution in [0, 0.1) is 0 Å². The Labute approximate surface area is 207 Å². The minimum atomic E-state index is -0.664. The van der Waals surface area contributed by atoms with E-state index >= 15 is 0 Å². The third-order valence-electron chi connectivity index (χ3n) is 6.16. The van der Waals surface area contributed by atoms with Gasteiger partial charge in [-0.2, -0.15) is 0 Å². The minimum Gasteiger partial charge on any atom is -0.481 e. The maximum Gasteiger partial charge on any atom is 0.303 e. The zero-order valence-corrected chi connectivity index (χ0v) is 22.6. The highest BCUT2D eigenvalue weighted by molar-refractivity contribution is 5.66. The molecule has 33 heavy (non-hydrogen) atoms. The van der Waals surface area contributed by atoms with E-state index in [9.17, 15) is 4.79 Å². The van der Waals surface area contributed by atoms with Gasteiger partial charge in [0.2, 0.25) is 0 Å². The molecule has 0 radical (unpaired) electrons. The van der Waals surface area contributed by atoms with Crippen LogP contribution >= 0.6 is 0 Å². The van der Waals surface area contributed by atoms with Gasteiger partial charge in [0.05, 0.1) is 0 Å². The molecule has 2 N–H and O–H groups in total. The second-order valence-electron chi connectivity index (χ2n) is 9.63. The first-order chi connectivity index (χ1) is 16.2. The fourth-order valence-electron chi connectivity index (χ4n) is 3.95. The molecular weight excluding hydrogens is 408 g/mol. The van der Waals surface area contributed by atoms with Crippen LogP contribution in [0.4, 0.5) is 0 Å². The van der Waals surface area contributed by atoms with Crippen molar-refractivity contribution in [1.29, 1.82) is 0 Å². The summed E-state index contributed by atoms with van der Waals surface area (Å²) in [6, 6.07) is 0. The van der Waals surface area contributed by atoms with Crippen molar-refractivity contribution < 1.29 is 15.0 Å². The van der Waals surface area contributed by atoms with Crippen molar-refractivity contribution in [3.63, 3.8) is 0 Å². The number of hydrogen-bond acceptors (Lipinski definition) is 2. The summed E-state index contributed by atoms with van der Waals surface area (Å²) in [6.45, 7) is 4.89. The van der Waals surface area contributed by atoms with Crippen molar-refractivity contribution in [2.24, 2.45) is 0 Å². The number of unbranched alkanes of at least 4 members (excludes halogenated alkanes) is 20. The van der Waals surface area contributed by atoms with Crippen molar-refractivity contribution in [2.75, 3.05) is 6.61 Å². The van der Waals surface area contributed by atoms with Crippen LogP contribution in [0.2, 0.25) is 0 Å². The van der Waals surface area contributed by atoms with Crippen LogP contribution in [0.5, 0.6) is 0 Å². The third kappa shape index (κ3) is 38.7. The summed E-state index contributed by atoms with van der Waals surface area (Å²) in [5.41, 5.74) is 0. The summed E-state index contributed by atoms with van der Waals surface area (Å²) in [4.78, 5) is 10.3. The molecule has 0 bridgehead atoms. The summed E-state index contributed by atoms with van der Waals surface area (Å²) in [5, 5.41) is 17.1. The third-order valence-corrected chi connectivity index (χ3v) is 6.16. The van der Waals surface area contributed by atoms with Gasteiger partial charge in [-0.05, 0) is 38.5 Å². The predicted octanol–water partition coefficient (Wildman–Crippen LogP) is 10.0. The van der Waals surface area contributed by atoms with Crippen molar-refractivity contribution in [1.82, 2.24) is 0 Å². The topological polar surface area (TPSA) is 57.5 Å². The average Bonchev–Trinajstić information content (AvgIpc) is 2.81. The highest BCUT2D eigenvalue weighted by Crippen LogP contribution is 2.11. The fourth-order valence-corrected chi connectivity index (χ4v) is 3.95. The molecule has 0 aromatic carbocycles. The molecule has 0 spiro atoms. The molecular formula is C30H60O3. The number of carbonyl (C=O) groups is 1. The number of carboxylic acid groups (broad SMARTS) is 1. The highest BCUT2D eigenvalue weighted by atomic mass is 16.4. The van der Waals surface area contributed by atoms with Crippen LogP contribution in [0.3, 0.4) is 0 Å². The first-order valence-corrected chi connectivity index (χ1v) is 14.7. The van der Waals surface area contributed by atoms with Gasteiger partial charge in [-0.15, -0.1) is 0 Å². The molecule has 0 atom stereocenters. The SMILES string of the molecule is CCCCCCCC/C=C\CCCCCCCC(=O)O.CCCCCCCCCCCCO. The molecule has 0 aliphatic heterocycles. The van der Waals surface area contributed by atoms with Gasteiger partial charge in [0.15, 0.2) is 0 Å². The fraction of sp³-hybridized carbons (Fsp3) is 0.900. The zero-order chi connectivity index (χ0) is 24.7. The van der Waals surface area contributed by atoms with Gasteiger partial charge in [0, 0.05) is 13.0 Å². The lowest BCUT2D eigenvalue weighted by atomic mass is 10.1. The number of allylic oxidation sites excluding steroid dienone is 2. The Balaban J connectivity index is 0. The van der Waals surface area contributed by atoms with Gasteiger partial charge in [0.25, 0.3) is 0 Å². The van der Waals surface area contributed by atoms with Crippen molar-refractivity contribution >= 4 is 5.97 Å². The molecule has 0 heterocycles. The van der Waals surface area contributed by atoms with E-state index in [-0.39, 0.29) is 0 Å². The van der Waals surface area contributed by atoms with E-state index in [0.717, 1.165) is 19.3 Å². The average molecular weight is 469 g/mol. The Bertz CT molecular complexity index is 369. The number of aliphatic carboxylic acids is 1. The number of hydrogen-bond donors (Lipinski definition) is 2. The van der Waals surface area contributed by atoms with Crippen LogP contribution in [-0.4, -0.2) is 22.8 Å². The van der Waals surface area contributed by atoms with Crippen LogP contribution in [-0.2, 0) is 4.79 Å². The Hall–Kier alpha value is -0.830. The second-order valence-corrected chi connectivity index (χ2v) is 9.63. The maximum absolute atomic E-state index is 10.3. The van der Waals surface area contributed by atoms with E-state index in [4.69, 9.17) is 10.2 Å². The molecule has 3 nitrogen and oxygen atoms in total. The number of carboxylic acids is 1. The summed E-state index contributed by atoms with van der Waals surface area (Å²) in [7, 11) is 0. The van der Waals surface area contributed by atoms with E-state index in [2.05, 4.69) is 26.0 Å². The first kappa shape index (κ1) is 34.3. The Kier molecular flexibility index (Phi) is 34.7. The van der Waals surface area contributed by atoms with E-state index in [0.29, 0.717) is 13.0 Å². The number of aliphatic hydroxyl groups excluding tert-OH is 1. The normalized spacial score (nSPS) is 11.0. The summed E-state index contributed by atoms with van der Waals surface area (Å²) >= 11 is 0. The van der Waals surface area contributed by atoms with Crippen LogP contribution in [0.15, 0.2) is 12.2 Å². The summed E-state index contributed by atoms with van der Waals surface area (Å²) < 4.78 is 0. The van der Waals surface area contributed by atoms with Gasteiger partial charge in [0.1, 0.15) is 0 Å². The van der Waals surface area contributed by atoms with E-state index < -0.39 is 5.97 Å². The molecule has 0 unspecified atom stereocenters. The highest BCUT2D eigenvalue weighted by Gasteiger charge is 1.96.